The van der Waals surface area contributed by atoms with Gasteiger partial charge in [0.25, 0.3) is 5.91 Å². The van der Waals surface area contributed by atoms with E-state index in [4.69, 9.17) is 17.4 Å². The van der Waals surface area contributed by atoms with Gasteiger partial charge in [0.15, 0.2) is 6.29 Å². The lowest BCUT2D eigenvalue weighted by Gasteiger charge is -2.40. The molecule has 11 heteroatoms. The van der Waals surface area contributed by atoms with Gasteiger partial charge < -0.3 is 25.8 Å². The predicted molar refractivity (Wildman–Crippen MR) is 157 cm³/mol. The molecule has 9 nitrogen and oxygen atoms in total. The Labute approximate surface area is 231 Å². The van der Waals surface area contributed by atoms with Gasteiger partial charge in [-0.2, -0.15) is 0 Å². The highest BCUT2D eigenvalue weighted by Crippen LogP contribution is 2.43. The van der Waals surface area contributed by atoms with Crippen molar-refractivity contribution in [3.05, 3.63) is 58.5 Å². The van der Waals surface area contributed by atoms with Crippen molar-refractivity contribution in [1.82, 2.24) is 20.5 Å². The topological polar surface area (TPSA) is 106 Å². The van der Waals surface area contributed by atoms with E-state index in [1.54, 1.807) is 6.08 Å². The zero-order chi connectivity index (χ0) is 27.4. The number of nitrogens with two attached hydrogens (primary N) is 1. The van der Waals surface area contributed by atoms with E-state index in [2.05, 4.69) is 34.2 Å². The molecule has 1 saturated heterocycles. The van der Waals surface area contributed by atoms with Gasteiger partial charge in [-0.05, 0) is 70.8 Å². The first-order valence-electron chi connectivity index (χ1n) is 13.1. The molecule has 206 valence electrons. The summed E-state index contributed by atoms with van der Waals surface area (Å²) in [6, 6.07) is 5.62. The second-order valence-corrected chi connectivity index (χ2v) is 12.8. The van der Waals surface area contributed by atoms with Crippen LogP contribution in [0, 0.1) is 0 Å². The molecule has 5 N–H and O–H groups in total. The van der Waals surface area contributed by atoms with Crippen LogP contribution in [0.1, 0.15) is 26.2 Å². The first kappa shape index (κ1) is 28.4. The summed E-state index contributed by atoms with van der Waals surface area (Å²) in [5.74, 6) is 6.33. The number of carbonyl (C=O) groups is 2. The number of rotatable bonds is 7. The smallest absolute Gasteiger partial charge is 0.271 e. The van der Waals surface area contributed by atoms with Gasteiger partial charge in [0.1, 0.15) is 0 Å². The maximum atomic E-state index is 13.7. The average Bonchev–Trinajstić information content (AvgIpc) is 3.12. The Kier molecular flexibility index (Phi) is 9.36. The number of amides is 2. The predicted octanol–water partition coefficient (Wildman–Crippen LogP) is 3.22. The molecule has 3 heterocycles. The molecule has 2 amide bonds. The normalized spacial score (nSPS) is 23.4. The number of carbonyl (C=O) groups excluding carboxylic acids is 2. The summed E-state index contributed by atoms with van der Waals surface area (Å²) in [5.41, 5.74) is 3.26. The summed E-state index contributed by atoms with van der Waals surface area (Å²) in [4.78, 5) is 30.7. The van der Waals surface area contributed by atoms with E-state index >= 15 is 0 Å². The van der Waals surface area contributed by atoms with Gasteiger partial charge >= 0.3 is 0 Å². The molecule has 3 aliphatic heterocycles. The first-order chi connectivity index (χ1) is 18.2. The van der Waals surface area contributed by atoms with Gasteiger partial charge in [-0.25, -0.2) is 10.9 Å². The number of benzene rings is 1. The van der Waals surface area contributed by atoms with Gasteiger partial charge in [-0.3, -0.25) is 9.59 Å². The molecule has 0 radical (unpaired) electrons. The van der Waals surface area contributed by atoms with Crippen LogP contribution in [0.15, 0.2) is 53.5 Å². The van der Waals surface area contributed by atoms with Crippen molar-refractivity contribution in [3.63, 3.8) is 0 Å². The fourth-order valence-corrected chi connectivity index (χ4v) is 6.30. The number of likely N-dealkylation sites (N-methyl/N-ethyl adjacent to an activating group) is 1. The molecule has 3 atom stereocenters. The molecule has 1 aromatic rings. The minimum atomic E-state index is -0.648. The fourth-order valence-electron chi connectivity index (χ4n) is 5.17. The maximum Gasteiger partial charge on any atom is 0.271 e. The Morgan fingerprint density at radius 2 is 2.08 bits per heavy atom. The molecule has 1 fully saturated rings. The number of likely N-dealkylation sites (tertiary alicyclic amines) is 1. The van der Waals surface area contributed by atoms with E-state index in [0.29, 0.717) is 30.2 Å². The highest BCUT2D eigenvalue weighted by Gasteiger charge is 2.41. The summed E-state index contributed by atoms with van der Waals surface area (Å²) in [5, 5.41) is 11.7. The van der Waals surface area contributed by atoms with E-state index in [9.17, 15) is 9.59 Å². The fraction of sp³-hybridized carbons (Fsp3) is 0.481. The van der Waals surface area contributed by atoms with E-state index in [1.165, 1.54) is 5.01 Å². The zero-order valence-corrected chi connectivity index (χ0v) is 24.2. The Morgan fingerprint density at radius 1 is 1.29 bits per heavy atom. The number of hydrogen-bond acceptors (Lipinski definition) is 7. The van der Waals surface area contributed by atoms with E-state index in [1.807, 2.05) is 55.3 Å². The Balaban J connectivity index is 1.64. The Bertz CT molecular complexity index is 1140. The monoisotopic (exact) mass is 559 g/mol. The number of hydrazine groups is 1. The van der Waals surface area contributed by atoms with E-state index < -0.39 is 14.2 Å². The molecule has 0 spiro atoms. The van der Waals surface area contributed by atoms with Crippen LogP contribution in [0.2, 0.25) is 5.02 Å². The van der Waals surface area contributed by atoms with Crippen LogP contribution in [0.5, 0.6) is 0 Å². The van der Waals surface area contributed by atoms with Gasteiger partial charge in [0.2, 0.25) is 5.91 Å². The van der Waals surface area contributed by atoms with Crippen molar-refractivity contribution < 1.29 is 9.59 Å². The molecular weight excluding hydrogens is 521 g/mol. The van der Waals surface area contributed by atoms with Crippen molar-refractivity contribution in [2.45, 2.75) is 44.6 Å². The van der Waals surface area contributed by atoms with Crippen molar-refractivity contribution in [2.75, 3.05) is 50.2 Å². The summed E-state index contributed by atoms with van der Waals surface area (Å²) in [7, 11) is 1.45. The third-order valence-electron chi connectivity index (χ3n) is 7.05. The van der Waals surface area contributed by atoms with Crippen molar-refractivity contribution >= 4 is 42.7 Å². The molecular formula is C27H39ClN7O2P. The average molecular weight is 560 g/mol. The number of halogens is 1. The van der Waals surface area contributed by atoms with E-state index in [0.717, 1.165) is 36.1 Å². The summed E-state index contributed by atoms with van der Waals surface area (Å²) < 4.78 is 0. The molecule has 0 aromatic heterocycles. The third kappa shape index (κ3) is 6.18. The van der Waals surface area contributed by atoms with Crippen molar-refractivity contribution in [1.29, 1.82) is 0 Å². The van der Waals surface area contributed by atoms with Crippen LogP contribution >= 0.6 is 19.5 Å². The SMILES string of the molecule is CNC/C=C/C(=O)N1CCCCC(N2c3c(Cl)cccc3NC2N(N)C(=O)C2=CC(C)NC(P(C)C)=C2)C1. The molecule has 3 unspecified atom stereocenters. The number of hydrogen-bond donors (Lipinski definition) is 4. The Hall–Kier alpha value is -2.58. The van der Waals surface area contributed by atoms with Gasteiger partial charge in [0.05, 0.1) is 22.4 Å². The van der Waals surface area contributed by atoms with Crippen LogP contribution in [-0.4, -0.2) is 80.1 Å². The van der Waals surface area contributed by atoms with Crippen molar-refractivity contribution in [2.24, 2.45) is 5.84 Å². The second kappa shape index (κ2) is 12.5. The number of fused-ring (bicyclic) bond motifs is 1. The minimum absolute atomic E-state index is 0.0157. The number of nitrogens with one attached hydrogen (secondary N) is 3. The lowest BCUT2D eigenvalue weighted by atomic mass is 10.1. The van der Waals surface area contributed by atoms with E-state index in [-0.39, 0.29) is 23.9 Å². The number of anilines is 2. The van der Waals surface area contributed by atoms with Crippen molar-refractivity contribution in [3.8, 4) is 0 Å². The summed E-state index contributed by atoms with van der Waals surface area (Å²) in [6.45, 7) is 8.16. The highest BCUT2D eigenvalue weighted by atomic mass is 35.5. The zero-order valence-electron chi connectivity index (χ0n) is 22.6. The molecule has 0 saturated carbocycles. The number of nitrogens with zero attached hydrogens (tertiary/aromatic N) is 3. The number of para-hydroxylation sites is 1. The molecule has 0 aliphatic carbocycles. The molecule has 3 aliphatic rings. The van der Waals surface area contributed by atoms with Crippen LogP contribution in [-0.2, 0) is 9.59 Å². The quantitative estimate of drug-likeness (QED) is 0.134. The first-order valence-corrected chi connectivity index (χ1v) is 15.7. The Morgan fingerprint density at radius 3 is 2.82 bits per heavy atom. The van der Waals surface area contributed by atoms with Crippen LogP contribution in [0.25, 0.3) is 0 Å². The molecule has 1 aromatic carbocycles. The largest absolute Gasteiger partial charge is 0.379 e. The van der Waals surface area contributed by atoms with Crippen LogP contribution in [0.3, 0.4) is 0 Å². The third-order valence-corrected chi connectivity index (χ3v) is 8.58. The maximum absolute atomic E-state index is 13.7. The van der Waals surface area contributed by atoms with Crippen LogP contribution < -0.4 is 26.7 Å². The summed E-state index contributed by atoms with van der Waals surface area (Å²) >= 11 is 6.73. The van der Waals surface area contributed by atoms with Gasteiger partial charge in [-0.1, -0.05) is 31.7 Å². The van der Waals surface area contributed by atoms with Gasteiger partial charge in [-0.15, -0.1) is 0 Å². The standard InChI is InChI=1S/C27H39ClN7O2P/c1-18-15-19(16-23(31-18)38(3)4)26(37)35(29)27-32-22-11-7-10-21(28)25(22)34(27)20-9-5-6-14-33(17-20)24(36)12-8-13-30-2/h7-8,10-12,15-16,18,20,27,30-32H,5-6,9,13-14,17,29H2,1-4H3/b12-8+. The van der Waals surface area contributed by atoms with Crippen LogP contribution in [0.4, 0.5) is 11.4 Å². The molecule has 0 bridgehead atoms. The lowest BCUT2D eigenvalue weighted by molar-refractivity contribution is -0.129. The summed E-state index contributed by atoms with van der Waals surface area (Å²) in [6.07, 6.45) is 9.35. The lowest BCUT2D eigenvalue weighted by Crippen LogP contribution is -2.60. The minimum Gasteiger partial charge on any atom is -0.379 e. The second-order valence-electron chi connectivity index (χ2n) is 10.1. The highest BCUT2D eigenvalue weighted by molar-refractivity contribution is 7.60. The molecule has 4 rings (SSSR count). The van der Waals surface area contributed by atoms with Gasteiger partial charge in [0, 0.05) is 42.8 Å². The number of dihydropyridines is 1. The molecule has 38 heavy (non-hydrogen) atoms.